The van der Waals surface area contributed by atoms with E-state index in [2.05, 4.69) is 4.99 Å². The highest BCUT2D eigenvalue weighted by molar-refractivity contribution is 7.73. The summed E-state index contributed by atoms with van der Waals surface area (Å²) < 4.78 is 7.39. The summed E-state index contributed by atoms with van der Waals surface area (Å²) in [6.07, 6.45) is 2.36. The highest BCUT2D eigenvalue weighted by atomic mass is 32.1. The Kier molecular flexibility index (Phi) is 5.52. The molecular weight excluding hydrogens is 420 g/mol. The van der Waals surface area contributed by atoms with Gasteiger partial charge in [-0.25, -0.2) is 9.79 Å². The summed E-state index contributed by atoms with van der Waals surface area (Å²) in [5, 5.41) is 20.4. The Hall–Kier alpha value is -3.23. The molecule has 6 nitrogen and oxygen atoms in total. The van der Waals surface area contributed by atoms with Gasteiger partial charge in [-0.1, -0.05) is 30.3 Å². The quantitative estimate of drug-likeness (QED) is 0.532. The van der Waals surface area contributed by atoms with Crippen molar-refractivity contribution >= 4 is 52.6 Å². The molecule has 8 heteroatoms. The molecule has 2 heterocycles. The van der Waals surface area contributed by atoms with Crippen LogP contribution in [0.3, 0.4) is 0 Å². The number of thiazole rings is 1. The maximum absolute atomic E-state index is 11.8. The van der Waals surface area contributed by atoms with Gasteiger partial charge < -0.3 is 14.9 Å². The van der Waals surface area contributed by atoms with Gasteiger partial charge in [0.2, 0.25) is 5.88 Å². The molecule has 2 aromatic carbocycles. The number of fused-ring (bicyclic) bond motifs is 1. The molecule has 1 aliphatic heterocycles. The second-order valence-electron chi connectivity index (χ2n) is 6.65. The first-order chi connectivity index (χ1) is 14.5. The molecule has 0 aliphatic carbocycles. The molecule has 0 amide bonds. The number of aromatic hydroxyl groups is 1. The van der Waals surface area contributed by atoms with Crippen molar-refractivity contribution in [2.24, 2.45) is 4.99 Å². The van der Waals surface area contributed by atoms with E-state index in [0.717, 1.165) is 12.0 Å². The third kappa shape index (κ3) is 3.79. The van der Waals surface area contributed by atoms with E-state index in [1.54, 1.807) is 28.8 Å². The minimum Gasteiger partial charge on any atom is -0.497 e. The SMILES string of the molecule is COc1ccc2c(c1)N=C(C(=O)O)/C2=C/c1sc(=S)n(CCc2ccccc2)c1O. The average molecular weight is 439 g/mol. The third-order valence-corrected chi connectivity index (χ3v) is 6.21. The number of methoxy groups -OCH3 is 1. The first-order valence-electron chi connectivity index (χ1n) is 9.17. The number of aryl methyl sites for hydroxylation is 1. The van der Waals surface area contributed by atoms with E-state index < -0.39 is 5.97 Å². The second-order valence-corrected chi connectivity index (χ2v) is 8.33. The molecule has 0 spiro atoms. The number of aliphatic carboxylic acids is 1. The van der Waals surface area contributed by atoms with Gasteiger partial charge in [0.1, 0.15) is 5.75 Å². The summed E-state index contributed by atoms with van der Waals surface area (Å²) in [5.74, 6) is -0.516. The fourth-order valence-electron chi connectivity index (χ4n) is 3.30. The number of benzene rings is 2. The van der Waals surface area contributed by atoms with Crippen LogP contribution in [0.4, 0.5) is 5.69 Å². The number of carbonyl (C=O) groups is 1. The topological polar surface area (TPSA) is 84.0 Å². The van der Waals surface area contributed by atoms with Crippen LogP contribution in [-0.4, -0.2) is 33.6 Å². The zero-order valence-corrected chi connectivity index (χ0v) is 17.7. The van der Waals surface area contributed by atoms with Crippen molar-refractivity contribution in [1.82, 2.24) is 4.57 Å². The summed E-state index contributed by atoms with van der Waals surface area (Å²) in [6.45, 7) is 0.530. The van der Waals surface area contributed by atoms with Gasteiger partial charge in [-0.15, -0.1) is 11.3 Å². The summed E-state index contributed by atoms with van der Waals surface area (Å²) >= 11 is 6.68. The molecule has 30 heavy (non-hydrogen) atoms. The maximum Gasteiger partial charge on any atom is 0.355 e. The lowest BCUT2D eigenvalue weighted by atomic mass is 10.0. The van der Waals surface area contributed by atoms with Crippen LogP contribution in [0.15, 0.2) is 53.5 Å². The fourth-order valence-corrected chi connectivity index (χ4v) is 4.60. The molecule has 152 valence electrons. The van der Waals surface area contributed by atoms with E-state index in [9.17, 15) is 15.0 Å². The summed E-state index contributed by atoms with van der Waals surface area (Å²) in [4.78, 5) is 16.5. The number of ether oxygens (including phenoxy) is 1. The Morgan fingerprint density at radius 2 is 2.03 bits per heavy atom. The Balaban J connectivity index is 1.70. The summed E-state index contributed by atoms with van der Waals surface area (Å²) in [5.41, 5.74) is 2.69. The van der Waals surface area contributed by atoms with E-state index in [4.69, 9.17) is 17.0 Å². The van der Waals surface area contributed by atoms with Crippen LogP contribution >= 0.6 is 23.6 Å². The van der Waals surface area contributed by atoms with Crippen LogP contribution in [0.5, 0.6) is 11.6 Å². The molecule has 1 aromatic heterocycles. The van der Waals surface area contributed by atoms with Gasteiger partial charge in [-0.3, -0.25) is 4.57 Å². The van der Waals surface area contributed by atoms with Gasteiger partial charge in [0, 0.05) is 23.7 Å². The maximum atomic E-state index is 11.8. The van der Waals surface area contributed by atoms with E-state index in [1.165, 1.54) is 18.4 Å². The van der Waals surface area contributed by atoms with E-state index in [0.29, 0.717) is 37.9 Å². The average Bonchev–Trinajstić information content (AvgIpc) is 3.24. The number of hydrogen-bond acceptors (Lipinski definition) is 6. The van der Waals surface area contributed by atoms with Gasteiger partial charge in [-0.2, -0.15) is 0 Å². The first kappa shape index (κ1) is 20.1. The van der Waals surface area contributed by atoms with Gasteiger partial charge in [0.15, 0.2) is 9.67 Å². The predicted octanol–water partition coefficient (Wildman–Crippen LogP) is 4.95. The number of nitrogens with zero attached hydrogens (tertiary/aromatic N) is 2. The van der Waals surface area contributed by atoms with Crippen molar-refractivity contribution < 1.29 is 19.7 Å². The monoisotopic (exact) mass is 438 g/mol. The Labute approximate surface area is 182 Å². The van der Waals surface area contributed by atoms with Crippen LogP contribution in [0.2, 0.25) is 0 Å². The lowest BCUT2D eigenvalue weighted by molar-refractivity contribution is -0.129. The van der Waals surface area contributed by atoms with E-state index in [-0.39, 0.29) is 11.6 Å². The minimum absolute atomic E-state index is 0.0279. The highest BCUT2D eigenvalue weighted by Gasteiger charge is 2.27. The van der Waals surface area contributed by atoms with Crippen LogP contribution < -0.4 is 4.74 Å². The third-order valence-electron chi connectivity index (χ3n) is 4.82. The number of hydrogen-bond donors (Lipinski definition) is 2. The molecule has 2 N–H and O–H groups in total. The van der Waals surface area contributed by atoms with E-state index >= 15 is 0 Å². The Morgan fingerprint density at radius 1 is 1.27 bits per heavy atom. The number of aliphatic imine (C=N–C) groups is 1. The molecule has 0 saturated heterocycles. The standard InChI is InChI=1S/C22H18N2O4S2/c1-28-14-7-8-15-16(19(21(26)27)23-17(15)11-14)12-18-20(25)24(22(29)30-18)10-9-13-5-3-2-4-6-13/h2-8,11-12,25H,9-10H2,1H3,(H,26,27)/b16-12+. The number of carboxylic acids is 1. The van der Waals surface area contributed by atoms with Crippen LogP contribution in [-0.2, 0) is 17.8 Å². The zero-order chi connectivity index (χ0) is 21.3. The number of aromatic nitrogens is 1. The lowest BCUT2D eigenvalue weighted by Crippen LogP contribution is -2.11. The van der Waals surface area contributed by atoms with Gasteiger partial charge in [0.25, 0.3) is 0 Å². The van der Waals surface area contributed by atoms with Crippen molar-refractivity contribution in [3.05, 3.63) is 68.5 Å². The molecule has 4 rings (SSSR count). The summed E-state index contributed by atoms with van der Waals surface area (Å²) in [6, 6.07) is 15.1. The molecule has 0 saturated carbocycles. The smallest absolute Gasteiger partial charge is 0.355 e. The first-order valence-corrected chi connectivity index (χ1v) is 10.4. The second kappa shape index (κ2) is 8.25. The van der Waals surface area contributed by atoms with Crippen LogP contribution in [0.25, 0.3) is 11.6 Å². The van der Waals surface area contributed by atoms with Gasteiger partial charge >= 0.3 is 5.97 Å². The Morgan fingerprint density at radius 3 is 2.73 bits per heavy atom. The number of rotatable bonds is 6. The van der Waals surface area contributed by atoms with Crippen molar-refractivity contribution in [2.75, 3.05) is 7.11 Å². The van der Waals surface area contributed by atoms with Crippen molar-refractivity contribution in [2.45, 2.75) is 13.0 Å². The molecule has 1 aliphatic rings. The molecule has 0 unspecified atom stereocenters. The zero-order valence-electron chi connectivity index (χ0n) is 16.0. The van der Waals surface area contributed by atoms with E-state index in [1.807, 2.05) is 30.3 Å². The van der Waals surface area contributed by atoms with Crippen LogP contribution in [0.1, 0.15) is 16.0 Å². The number of carboxylic acid groups (broad SMARTS) is 1. The fraction of sp³-hybridized carbons (Fsp3) is 0.136. The predicted molar refractivity (Wildman–Crippen MR) is 121 cm³/mol. The molecule has 0 radical (unpaired) electrons. The molecular formula is C22H18N2O4S2. The van der Waals surface area contributed by atoms with Crippen molar-refractivity contribution in [1.29, 1.82) is 0 Å². The van der Waals surface area contributed by atoms with Gasteiger partial charge in [-0.05, 0) is 42.4 Å². The Bertz CT molecular complexity index is 1240. The van der Waals surface area contributed by atoms with Crippen molar-refractivity contribution in [3.63, 3.8) is 0 Å². The van der Waals surface area contributed by atoms with Crippen LogP contribution in [0, 0.1) is 3.95 Å². The largest absolute Gasteiger partial charge is 0.497 e. The summed E-state index contributed by atoms with van der Waals surface area (Å²) in [7, 11) is 1.54. The minimum atomic E-state index is -1.14. The molecule has 0 bridgehead atoms. The van der Waals surface area contributed by atoms with Crippen molar-refractivity contribution in [3.8, 4) is 11.6 Å². The molecule has 3 aromatic rings. The van der Waals surface area contributed by atoms with Gasteiger partial charge in [0.05, 0.1) is 17.7 Å². The lowest BCUT2D eigenvalue weighted by Gasteiger charge is -2.06. The normalized spacial score (nSPS) is 13.9. The molecule has 0 atom stereocenters. The molecule has 0 fully saturated rings. The highest BCUT2D eigenvalue weighted by Crippen LogP contribution is 2.40.